The Balaban J connectivity index is 2.26. The molecule has 0 aromatic carbocycles. The molecule has 0 bridgehead atoms. The van der Waals surface area contributed by atoms with Gasteiger partial charge in [0.25, 0.3) is 0 Å². The Labute approximate surface area is 92.9 Å². The van der Waals surface area contributed by atoms with Crippen LogP contribution in [0.3, 0.4) is 0 Å². The molecule has 1 heterocycles. The van der Waals surface area contributed by atoms with E-state index in [4.69, 9.17) is 5.26 Å². The predicted molar refractivity (Wildman–Crippen MR) is 58.2 cm³/mol. The van der Waals surface area contributed by atoms with Gasteiger partial charge in [0.2, 0.25) is 5.91 Å². The molecule has 1 atom stereocenters. The third-order valence-electron chi connectivity index (χ3n) is 2.04. The van der Waals surface area contributed by atoms with Gasteiger partial charge < -0.3 is 5.32 Å². The van der Waals surface area contributed by atoms with Crippen molar-refractivity contribution in [2.24, 2.45) is 5.92 Å². The quantitative estimate of drug-likeness (QED) is 0.819. The van der Waals surface area contributed by atoms with Gasteiger partial charge in [-0.15, -0.1) is 11.3 Å². The fourth-order valence-corrected chi connectivity index (χ4v) is 1.73. The topological polar surface area (TPSA) is 65.8 Å². The minimum absolute atomic E-state index is 0.185. The second-order valence-electron chi connectivity index (χ2n) is 3.11. The van der Waals surface area contributed by atoms with Crippen molar-refractivity contribution in [3.8, 4) is 6.07 Å². The molecule has 0 saturated carbocycles. The number of rotatable bonds is 5. The van der Waals surface area contributed by atoms with Crippen molar-refractivity contribution in [1.82, 2.24) is 10.3 Å². The van der Waals surface area contributed by atoms with Crippen LogP contribution in [-0.4, -0.2) is 17.4 Å². The zero-order valence-corrected chi connectivity index (χ0v) is 9.38. The summed E-state index contributed by atoms with van der Waals surface area (Å²) in [5.74, 6) is -0.712. The molecule has 1 unspecified atom stereocenters. The highest BCUT2D eigenvalue weighted by molar-refractivity contribution is 7.07. The van der Waals surface area contributed by atoms with Gasteiger partial charge in [-0.3, -0.25) is 4.79 Å². The molecule has 0 spiro atoms. The van der Waals surface area contributed by atoms with Gasteiger partial charge in [0, 0.05) is 18.3 Å². The number of aromatic nitrogens is 1. The summed E-state index contributed by atoms with van der Waals surface area (Å²) in [4.78, 5) is 15.5. The number of hydrogen-bond donors (Lipinski definition) is 1. The van der Waals surface area contributed by atoms with Crippen LogP contribution in [0.5, 0.6) is 0 Å². The van der Waals surface area contributed by atoms with E-state index in [9.17, 15) is 4.79 Å². The van der Waals surface area contributed by atoms with Crippen molar-refractivity contribution in [2.45, 2.75) is 19.8 Å². The highest BCUT2D eigenvalue weighted by Gasteiger charge is 2.14. The molecule has 0 aliphatic rings. The summed E-state index contributed by atoms with van der Waals surface area (Å²) in [7, 11) is 0. The number of nitrogens with one attached hydrogen (secondary N) is 1. The summed E-state index contributed by atoms with van der Waals surface area (Å²) in [6, 6.07) is 1.97. The van der Waals surface area contributed by atoms with Crippen molar-refractivity contribution in [3.05, 3.63) is 16.6 Å². The Morgan fingerprint density at radius 2 is 2.60 bits per heavy atom. The first-order chi connectivity index (χ1) is 7.27. The summed E-state index contributed by atoms with van der Waals surface area (Å²) in [6.07, 6.45) is 1.27. The lowest BCUT2D eigenvalue weighted by Gasteiger charge is -2.06. The molecule has 0 radical (unpaired) electrons. The van der Waals surface area contributed by atoms with E-state index >= 15 is 0 Å². The summed E-state index contributed by atoms with van der Waals surface area (Å²) in [5.41, 5.74) is 2.74. The molecular weight excluding hydrogens is 210 g/mol. The van der Waals surface area contributed by atoms with Crippen LogP contribution in [0.25, 0.3) is 0 Å². The Morgan fingerprint density at radius 1 is 1.80 bits per heavy atom. The number of nitriles is 1. The maximum Gasteiger partial charge on any atom is 0.237 e. The second kappa shape index (κ2) is 6.14. The van der Waals surface area contributed by atoms with Crippen LogP contribution in [-0.2, 0) is 11.2 Å². The van der Waals surface area contributed by atoms with Crippen LogP contribution in [0.1, 0.15) is 19.0 Å². The molecular formula is C10H13N3OS. The van der Waals surface area contributed by atoms with E-state index in [0.717, 1.165) is 12.1 Å². The molecule has 5 heteroatoms. The normalized spacial score (nSPS) is 11.7. The third-order valence-corrected chi connectivity index (χ3v) is 2.68. The highest BCUT2D eigenvalue weighted by Crippen LogP contribution is 2.02. The number of carbonyl (C=O) groups excluding carboxylic acids is 1. The van der Waals surface area contributed by atoms with E-state index in [2.05, 4.69) is 10.3 Å². The first-order valence-corrected chi connectivity index (χ1v) is 5.76. The molecule has 15 heavy (non-hydrogen) atoms. The molecule has 0 fully saturated rings. The monoisotopic (exact) mass is 223 g/mol. The molecule has 0 aliphatic carbocycles. The number of carbonyl (C=O) groups is 1. The van der Waals surface area contributed by atoms with E-state index in [0.29, 0.717) is 13.0 Å². The highest BCUT2D eigenvalue weighted by atomic mass is 32.1. The average Bonchev–Trinajstić information content (AvgIpc) is 2.72. The van der Waals surface area contributed by atoms with Crippen molar-refractivity contribution < 1.29 is 4.79 Å². The van der Waals surface area contributed by atoms with Crippen LogP contribution < -0.4 is 5.32 Å². The molecule has 0 aliphatic heterocycles. The maximum atomic E-state index is 11.4. The van der Waals surface area contributed by atoms with Crippen LogP contribution in [0.2, 0.25) is 0 Å². The minimum Gasteiger partial charge on any atom is -0.355 e. The summed E-state index contributed by atoms with van der Waals surface area (Å²) >= 11 is 1.54. The predicted octanol–water partition coefficient (Wildman–Crippen LogP) is 1.35. The van der Waals surface area contributed by atoms with Gasteiger partial charge in [0.1, 0.15) is 5.92 Å². The Bertz CT molecular complexity index is 342. The summed E-state index contributed by atoms with van der Waals surface area (Å²) in [5, 5.41) is 13.3. The van der Waals surface area contributed by atoms with Gasteiger partial charge in [0.05, 0.1) is 17.3 Å². The Morgan fingerprint density at radius 3 is 3.13 bits per heavy atom. The number of thiazole rings is 1. The van der Waals surface area contributed by atoms with Gasteiger partial charge in [-0.05, 0) is 6.42 Å². The fourth-order valence-electron chi connectivity index (χ4n) is 1.13. The standard InChI is InChI=1S/C10H13N3OS/c1-2-8(5-11)10(14)12-4-3-9-6-15-7-13-9/h6-8H,2-4H2,1H3,(H,12,14). The molecule has 1 rings (SSSR count). The molecule has 1 aromatic rings. The Kier molecular flexibility index (Phi) is 4.78. The fraction of sp³-hybridized carbons (Fsp3) is 0.500. The van der Waals surface area contributed by atoms with E-state index in [-0.39, 0.29) is 5.91 Å². The van der Waals surface area contributed by atoms with Gasteiger partial charge >= 0.3 is 0 Å². The Hall–Kier alpha value is -1.41. The molecule has 1 aromatic heterocycles. The zero-order chi connectivity index (χ0) is 11.1. The smallest absolute Gasteiger partial charge is 0.237 e. The summed E-state index contributed by atoms with van der Waals surface area (Å²) in [6.45, 7) is 2.37. The van der Waals surface area contributed by atoms with Gasteiger partial charge in [-0.25, -0.2) is 4.98 Å². The largest absolute Gasteiger partial charge is 0.355 e. The SMILES string of the molecule is CCC(C#N)C(=O)NCCc1cscn1. The van der Waals surface area contributed by atoms with E-state index in [1.54, 1.807) is 5.51 Å². The molecule has 80 valence electrons. The van der Waals surface area contributed by atoms with Crippen molar-refractivity contribution >= 4 is 17.2 Å². The summed E-state index contributed by atoms with van der Waals surface area (Å²) < 4.78 is 0. The van der Waals surface area contributed by atoms with E-state index < -0.39 is 5.92 Å². The van der Waals surface area contributed by atoms with Gasteiger partial charge in [-0.2, -0.15) is 5.26 Å². The van der Waals surface area contributed by atoms with E-state index in [1.807, 2.05) is 18.4 Å². The van der Waals surface area contributed by atoms with E-state index in [1.165, 1.54) is 11.3 Å². The zero-order valence-electron chi connectivity index (χ0n) is 8.56. The van der Waals surface area contributed by atoms with Crippen LogP contribution in [0, 0.1) is 17.2 Å². The molecule has 1 amide bonds. The number of hydrogen-bond acceptors (Lipinski definition) is 4. The van der Waals surface area contributed by atoms with Crippen LogP contribution in [0.15, 0.2) is 10.9 Å². The number of amides is 1. The first kappa shape index (κ1) is 11.7. The minimum atomic E-state index is -0.527. The van der Waals surface area contributed by atoms with Crippen molar-refractivity contribution in [2.75, 3.05) is 6.54 Å². The lowest BCUT2D eigenvalue weighted by atomic mass is 10.1. The lowest BCUT2D eigenvalue weighted by molar-refractivity contribution is -0.123. The lowest BCUT2D eigenvalue weighted by Crippen LogP contribution is -2.31. The van der Waals surface area contributed by atoms with Gasteiger partial charge in [0.15, 0.2) is 0 Å². The second-order valence-corrected chi connectivity index (χ2v) is 3.83. The maximum absolute atomic E-state index is 11.4. The van der Waals surface area contributed by atoms with Gasteiger partial charge in [-0.1, -0.05) is 6.92 Å². The van der Waals surface area contributed by atoms with Crippen molar-refractivity contribution in [3.63, 3.8) is 0 Å². The molecule has 1 N–H and O–H groups in total. The third kappa shape index (κ3) is 3.68. The van der Waals surface area contributed by atoms with Crippen molar-refractivity contribution in [1.29, 1.82) is 5.26 Å². The van der Waals surface area contributed by atoms with Crippen LogP contribution >= 0.6 is 11.3 Å². The first-order valence-electron chi connectivity index (χ1n) is 4.82. The number of nitrogens with zero attached hydrogens (tertiary/aromatic N) is 2. The molecule has 0 saturated heterocycles. The van der Waals surface area contributed by atoms with Crippen LogP contribution in [0.4, 0.5) is 0 Å². The average molecular weight is 223 g/mol. The molecule has 4 nitrogen and oxygen atoms in total.